The zero-order chi connectivity index (χ0) is 4.00. The minimum Gasteiger partial charge on any atom is 0 e. The third-order valence-electron chi connectivity index (χ3n) is 0. The van der Waals surface area contributed by atoms with Gasteiger partial charge < -0.3 is 0 Å². The average Bonchev–Trinajstić information content (AvgIpc) is 1.50. The molecule has 0 spiro atoms. The van der Waals surface area contributed by atoms with Crippen LogP contribution in [0.1, 0.15) is 0 Å². The Kier molecular flexibility index (Phi) is 8800. The van der Waals surface area contributed by atoms with Crippen molar-refractivity contribution in [1.82, 2.24) is 0 Å². The van der Waals surface area contributed by atoms with Crippen LogP contribution in [-0.4, -0.2) is 0.680 Å². The van der Waals surface area contributed by atoms with Crippen molar-refractivity contribution in [3.05, 3.63) is 0 Å². The molecule has 0 saturated carbocycles. The van der Waals surface area contributed by atoms with Crippen molar-refractivity contribution in [1.29, 1.82) is 0.680 Å². The Bertz CT molecular complexity index is 22.4. The van der Waals surface area contributed by atoms with Gasteiger partial charge in [-0.3, -0.25) is 0 Å². The molecule has 0 heterocycles. The number of hydrogen-bond acceptors (Lipinski definition) is 0. The van der Waals surface area contributed by atoms with Gasteiger partial charge in [-0.15, -0.1) is 17.9 Å². The molecular formula is H5Au101P2. The first kappa shape index (κ1) is 935. The summed E-state index contributed by atoms with van der Waals surface area (Å²) in [5, 5.41) is 0. The minimum absolute atomic E-state index is 0. The van der Waals surface area contributed by atoms with Gasteiger partial charge in [0.05, 0.1) is 0 Å². The van der Waals surface area contributed by atoms with Crippen LogP contribution in [0.3, 0.4) is 0 Å². The Hall–Kier alpha value is 75.6. The van der Waals surface area contributed by atoms with Gasteiger partial charge in [0.2, 0.25) is 0 Å². The van der Waals surface area contributed by atoms with Crippen molar-refractivity contribution in [3.8, 4) is 0 Å². The van der Waals surface area contributed by atoms with E-state index in [1.165, 1.54) is 22.2 Å². The molecule has 0 nitrogen and oxygen atoms in total. The molecule has 0 aliphatic heterocycles. The summed E-state index contributed by atoms with van der Waals surface area (Å²) in [6.07, 6.45) is 0. The predicted molar refractivity (Wildman–Crippen MR) is 20.8 cm³/mol. The van der Waals surface area contributed by atoms with Crippen LogP contribution in [-0.2, 0) is 2260 Å². The Morgan fingerprint density at radius 2 is 0.0583 bits per heavy atom. The zero-order valence-corrected chi connectivity index (χ0v) is 253. The fraction of sp³-hybridized carbons (Fsp3) is 0. The Labute approximate surface area is 2200 Å². The average molecular weight is 20000 g/mol. The fourth-order valence-corrected chi connectivity index (χ4v) is 0. The van der Waals surface area contributed by atoms with E-state index >= 15 is 0 Å². The van der Waals surface area contributed by atoms with Gasteiger partial charge in [-0.05, 0) is 0 Å². The molecule has 0 rings (SSSR count). The topological polar surface area (TPSA) is 0 Å². The standard InChI is InChI=1S/101Au.H4P2.H/c;;;;;;;;;;;;;;;;;;;;;;;;;;;;;;;;;;;;;;;;;;;;;;;;;;;;;;;;;;;;;;;;;;;;;;;;;;;;;;;;;;;;;;;;;;;;;;;;;;;;;1-2;/h;;;;;;;;;;;;;;;;;;;;;;;;;;;;;;;;;;;;;;;;;;;;;;;;;;;;;;;;;;;;;;;;;;;;;;;;;;;;;;;;;;;;;;;;;;;;;;;;;;;;;1-2H2;/i;;;;;;;;;;;;;;;;;;;;;;;;;;;;;;;;;;;;;;;;;;;;;;;;;;;;;;;;;;;;;;;;;;;;;;;;;;;;;;;;;;;;;;;;;;;;;;;;;;;;;;1+2. The van der Waals surface area contributed by atoms with E-state index in [0.717, 1.165) is 0 Å². The van der Waals surface area contributed by atoms with E-state index < -0.39 is 0 Å². The predicted octanol–water partition coefficient (Wildman–Crippen LogP) is 0.131. The van der Waals surface area contributed by atoms with Crippen LogP contribution in [0.5, 0.6) is 0 Å². The minimum atomic E-state index is 0. The van der Waals surface area contributed by atoms with Crippen molar-refractivity contribution in [2.45, 2.75) is 0 Å². The van der Waals surface area contributed by atoms with Crippen molar-refractivity contribution in [2.75, 3.05) is 0 Å². The normalized spacial score (nSPS) is 0.136. The van der Waals surface area contributed by atoms with Crippen LogP contribution in [0.4, 0.5) is 0 Å². The molecule has 0 aromatic rings. The maximum atomic E-state index is 5.69. The summed E-state index contributed by atoms with van der Waals surface area (Å²) in [4.78, 5) is 0. The largest absolute Gasteiger partial charge is 0 e. The molecule has 103 heteroatoms. The summed E-state index contributed by atoms with van der Waals surface area (Å²) in [7, 11) is 4.67. The SMILES string of the molecule is PP.[3H][Au].[Au].[Au].[Au].[Au].[Au].[Au].[Au].[Au].[Au].[Au].[Au].[Au].[Au].[Au].[Au].[Au].[Au].[Au].[Au].[Au].[Au].[Au].[Au].[Au].[Au].[Au].[Au].[Au].[Au].[Au].[Au].[Au].[Au].[Au].[Au].[Au].[Au].[Au].[Au].[Au].[Au].[Au].[Au].[Au].[Au].[Au].[Au].[Au].[Au].[Au].[Au].[Au].[Au].[Au].[Au].[Au].[Au].[Au].[Au].[Au].[Au].[Au].[Au].[Au].[Au].[Au].[Au].[Au].[Au].[Au].[Au].[Au].[Au].[Au].[Au].[Au].[Au].[Au].[Au].[Au].[Au].[Au].[Au].[Au].[Au].[Au].[Au].[Au].[Au].[Au].[Au].[Au].[Au].[Au].[Au].[Au].[Au].[Au].[Au].[Au]. The van der Waals surface area contributed by atoms with Crippen molar-refractivity contribution >= 4 is 17.9 Å². The van der Waals surface area contributed by atoms with E-state index in [-0.39, 0.29) is 2240 Å². The van der Waals surface area contributed by atoms with Crippen molar-refractivity contribution < 1.29 is 2260 Å². The van der Waals surface area contributed by atoms with Gasteiger partial charge in [0.15, 0.2) is 0 Å². The molecule has 1126 valence electrons. The molecule has 103 heavy (non-hydrogen) atoms. The summed E-state index contributed by atoms with van der Waals surface area (Å²) in [6, 6.07) is 0. The maximum Gasteiger partial charge on any atom is 0 e. The van der Waals surface area contributed by atoms with Gasteiger partial charge in [0.1, 0.15) is 0 Å². The van der Waals surface area contributed by atoms with Gasteiger partial charge in [0.25, 0.3) is 0 Å². The molecule has 0 amide bonds. The Morgan fingerprint density at radius 1 is 0.0583 bits per heavy atom. The van der Waals surface area contributed by atoms with E-state index in [1.54, 1.807) is 0 Å². The zero-order valence-electron chi connectivity index (χ0n) is 32.6. The van der Waals surface area contributed by atoms with Crippen molar-refractivity contribution in [2.24, 2.45) is 0 Å². The van der Waals surface area contributed by atoms with E-state index in [1.807, 2.05) is 0 Å². The summed E-state index contributed by atoms with van der Waals surface area (Å²) in [5.74, 6) is 0. The summed E-state index contributed by atoms with van der Waals surface area (Å²) in [5.41, 5.74) is 0. The first-order valence-electron chi connectivity index (χ1n) is 0.635. The van der Waals surface area contributed by atoms with Gasteiger partial charge in [0, 0.05) is 2240 Å². The number of rotatable bonds is 0. The van der Waals surface area contributed by atoms with Crippen LogP contribution in [0, 0.1) is 0 Å². The van der Waals surface area contributed by atoms with Gasteiger partial charge >= 0.3 is 22.9 Å². The van der Waals surface area contributed by atoms with Crippen LogP contribution in [0.25, 0.3) is 0 Å². The summed E-state index contributed by atoms with van der Waals surface area (Å²) >= 11 is 1.53. The molecule has 0 fully saturated rings. The van der Waals surface area contributed by atoms with Crippen LogP contribution in [0.2, 0.25) is 0 Å². The van der Waals surface area contributed by atoms with E-state index in [9.17, 15) is 0 Å². The molecule has 0 aromatic heterocycles. The maximum absolute atomic E-state index is 5.69. The molecule has 0 bridgehead atoms. The van der Waals surface area contributed by atoms with E-state index in [0.29, 0.717) is 0 Å². The molecule has 2 unspecified atom stereocenters. The first-order chi connectivity index (χ1) is 2.00. The monoisotopic (exact) mass is 20000 g/mol. The summed E-state index contributed by atoms with van der Waals surface area (Å²) < 4.78 is 5.69. The second-order valence-corrected chi connectivity index (χ2v) is 0. The van der Waals surface area contributed by atoms with Gasteiger partial charge in [-0.1, -0.05) is 0 Å². The Balaban J connectivity index is -0.00000000000392. The molecule has 100 radical (unpaired) electrons. The van der Waals surface area contributed by atoms with Gasteiger partial charge in [-0.2, -0.15) is 0 Å². The van der Waals surface area contributed by atoms with E-state index in [2.05, 4.69) is 17.9 Å². The van der Waals surface area contributed by atoms with E-state index in [4.69, 9.17) is 0.680 Å². The van der Waals surface area contributed by atoms with Crippen molar-refractivity contribution in [3.63, 3.8) is 0 Å². The smallest absolute Gasteiger partial charge is 0 e. The number of hydrogen-bond donors (Lipinski definition) is 0. The molecule has 0 aliphatic rings. The Morgan fingerprint density at radius 3 is 0.0583 bits per heavy atom. The van der Waals surface area contributed by atoms with Crippen LogP contribution < -0.4 is 0 Å². The molecule has 2 atom stereocenters. The second-order valence-electron chi connectivity index (χ2n) is 0. The summed E-state index contributed by atoms with van der Waals surface area (Å²) in [6.45, 7) is 0. The van der Waals surface area contributed by atoms with Gasteiger partial charge in [-0.25, -0.2) is 0 Å². The molecule has 0 N–H and O–H groups in total. The third-order valence-corrected chi connectivity index (χ3v) is 0. The molecular weight excluding hydrogens is 20000 g/mol. The first-order valence-corrected chi connectivity index (χ1v) is 3.00. The third kappa shape index (κ3) is 958. The quantitative estimate of drug-likeness (QED) is 0.240. The van der Waals surface area contributed by atoms with Crippen LogP contribution in [0.15, 0.2) is 0 Å². The molecule has 0 saturated heterocycles. The second kappa shape index (κ2) is 969. The molecule has 0 aromatic carbocycles. The molecule has 0 aliphatic carbocycles. The fourth-order valence-electron chi connectivity index (χ4n) is 0. The van der Waals surface area contributed by atoms with Crippen LogP contribution >= 0.6 is 17.9 Å².